The van der Waals surface area contributed by atoms with Crippen LogP contribution in [0.1, 0.15) is 5.82 Å². The van der Waals surface area contributed by atoms with Gasteiger partial charge in [-0.1, -0.05) is 153 Å². The molecule has 0 atom stereocenters. The summed E-state index contributed by atoms with van der Waals surface area (Å²) in [6, 6.07) is 54.2. The minimum Gasteiger partial charge on any atom is -0.456 e. The van der Waals surface area contributed by atoms with Gasteiger partial charge in [-0.3, -0.25) is 0 Å². The zero-order valence-electron chi connectivity index (χ0n) is 30.3. The van der Waals surface area contributed by atoms with E-state index in [1.807, 2.05) is 66.7 Å². The number of fused-ring (bicyclic) bond motifs is 6. The number of aromatic nitrogens is 3. The van der Waals surface area contributed by atoms with Crippen LogP contribution in [-0.2, 0) is 0 Å². The van der Waals surface area contributed by atoms with Gasteiger partial charge in [0.15, 0.2) is 17.5 Å². The van der Waals surface area contributed by atoms with Gasteiger partial charge in [0.25, 0.3) is 0 Å². The Kier molecular flexibility index (Phi) is 8.04. The van der Waals surface area contributed by atoms with Crippen molar-refractivity contribution in [3.63, 3.8) is 0 Å². The van der Waals surface area contributed by atoms with Crippen LogP contribution in [0.5, 0.6) is 0 Å². The van der Waals surface area contributed by atoms with Gasteiger partial charge in [-0.15, -0.1) is 0 Å². The van der Waals surface area contributed by atoms with Crippen LogP contribution in [0.15, 0.2) is 198 Å². The molecular weight excluding hydrogens is 687 g/mol. The molecule has 0 amide bonds. The molecule has 0 aliphatic carbocycles. The molecule has 0 aliphatic heterocycles. The molecule has 5 nitrogen and oxygen atoms in total. The highest BCUT2D eigenvalue weighted by Crippen LogP contribution is 2.41. The number of rotatable bonds is 8. The summed E-state index contributed by atoms with van der Waals surface area (Å²) in [5, 5.41) is 4.30. The molecule has 0 N–H and O–H groups in total. The van der Waals surface area contributed by atoms with Crippen LogP contribution in [0.2, 0.25) is 0 Å². The lowest BCUT2D eigenvalue weighted by Crippen LogP contribution is -2.02. The zero-order chi connectivity index (χ0) is 37.6. The van der Waals surface area contributed by atoms with Gasteiger partial charge in [-0.05, 0) is 63.7 Å². The molecular formula is C51H33N3O2. The maximum absolute atomic E-state index is 6.42. The van der Waals surface area contributed by atoms with Crippen LogP contribution in [-0.4, -0.2) is 15.0 Å². The van der Waals surface area contributed by atoms with E-state index in [1.165, 1.54) is 0 Å². The zero-order valence-corrected chi connectivity index (χ0v) is 30.3. The van der Waals surface area contributed by atoms with Crippen molar-refractivity contribution in [1.29, 1.82) is 0 Å². The van der Waals surface area contributed by atoms with Gasteiger partial charge in [0.1, 0.15) is 22.3 Å². The van der Waals surface area contributed by atoms with Crippen molar-refractivity contribution in [2.24, 2.45) is 0 Å². The van der Waals surface area contributed by atoms with Crippen LogP contribution in [0.3, 0.4) is 0 Å². The molecule has 0 bridgehead atoms. The standard InChI is InChI=1S/C51H33N3O2/c1-3-13-32(4-2)49-52-50(35-26-24-34(25-27-35)33-14-6-5-7-15-33)54-51(53-49)39-19-11-17-37(29-39)36-16-10-18-38(28-36)40-21-12-23-45-48(40)43-30-42-41-20-8-9-22-44(41)55-46(42)31-47(43)56-45/h3-31H,1-2H2/b32-13+. The molecule has 0 saturated carbocycles. The van der Waals surface area contributed by atoms with E-state index in [1.54, 1.807) is 12.2 Å². The largest absolute Gasteiger partial charge is 0.456 e. The molecule has 10 aromatic rings. The molecule has 5 heteroatoms. The van der Waals surface area contributed by atoms with E-state index in [4.69, 9.17) is 23.8 Å². The molecule has 0 saturated heterocycles. The average molecular weight is 720 g/mol. The highest BCUT2D eigenvalue weighted by Gasteiger charge is 2.18. The number of hydrogen-bond donors (Lipinski definition) is 0. The van der Waals surface area contributed by atoms with E-state index in [0.717, 1.165) is 94.0 Å². The third kappa shape index (κ3) is 5.79. The lowest BCUT2D eigenvalue weighted by molar-refractivity contribution is 0.656. The Morgan fingerprint density at radius 2 is 1.02 bits per heavy atom. The van der Waals surface area contributed by atoms with Gasteiger partial charge in [-0.2, -0.15) is 0 Å². The van der Waals surface area contributed by atoms with Gasteiger partial charge in [0, 0.05) is 44.3 Å². The van der Waals surface area contributed by atoms with Gasteiger partial charge in [0.05, 0.1) is 0 Å². The fourth-order valence-electron chi connectivity index (χ4n) is 7.56. The van der Waals surface area contributed by atoms with Crippen LogP contribution in [0.25, 0.3) is 106 Å². The Morgan fingerprint density at radius 3 is 1.80 bits per heavy atom. The molecule has 0 unspecified atom stereocenters. The average Bonchev–Trinajstić information content (AvgIpc) is 3.82. The Labute approximate surface area is 323 Å². The van der Waals surface area contributed by atoms with Crippen molar-refractivity contribution in [3.05, 3.63) is 195 Å². The van der Waals surface area contributed by atoms with Crippen molar-refractivity contribution in [1.82, 2.24) is 15.0 Å². The first kappa shape index (κ1) is 33.0. The number of allylic oxidation sites excluding steroid dienone is 4. The van der Waals surface area contributed by atoms with Crippen molar-refractivity contribution < 1.29 is 8.83 Å². The predicted molar refractivity (Wildman–Crippen MR) is 230 cm³/mol. The summed E-state index contributed by atoms with van der Waals surface area (Å²) < 4.78 is 12.6. The minimum atomic E-state index is 0.528. The molecule has 10 rings (SSSR count). The van der Waals surface area contributed by atoms with Crippen molar-refractivity contribution in [2.75, 3.05) is 0 Å². The lowest BCUT2D eigenvalue weighted by Gasteiger charge is -2.11. The van der Waals surface area contributed by atoms with E-state index in [0.29, 0.717) is 17.5 Å². The Balaban J connectivity index is 1.06. The summed E-state index contributed by atoms with van der Waals surface area (Å²) in [5.41, 5.74) is 12.4. The molecule has 56 heavy (non-hydrogen) atoms. The van der Waals surface area contributed by atoms with E-state index < -0.39 is 0 Å². The SMILES string of the molecule is C=C/C=C(\C=C)c1nc(-c2ccc(-c3ccccc3)cc2)nc(-c2cccc(-c3cccc(-c4cccc5oc6cc7oc8ccccc8c7cc6c45)c3)c2)n1. The molecule has 0 aliphatic rings. The number of nitrogens with zero attached hydrogens (tertiary/aromatic N) is 3. The fourth-order valence-corrected chi connectivity index (χ4v) is 7.56. The maximum atomic E-state index is 6.42. The maximum Gasteiger partial charge on any atom is 0.164 e. The first-order valence-electron chi connectivity index (χ1n) is 18.5. The Hall–Kier alpha value is -7.63. The van der Waals surface area contributed by atoms with Gasteiger partial charge in [0.2, 0.25) is 0 Å². The van der Waals surface area contributed by atoms with E-state index >= 15 is 0 Å². The van der Waals surface area contributed by atoms with Gasteiger partial charge < -0.3 is 8.83 Å². The lowest BCUT2D eigenvalue weighted by atomic mass is 9.95. The number of furan rings is 2. The minimum absolute atomic E-state index is 0.528. The van der Waals surface area contributed by atoms with E-state index in [2.05, 4.69) is 110 Å². The molecule has 0 spiro atoms. The number of benzene rings is 7. The molecule has 0 radical (unpaired) electrons. The highest BCUT2D eigenvalue weighted by molar-refractivity contribution is 6.18. The van der Waals surface area contributed by atoms with E-state index in [9.17, 15) is 0 Å². The second-order valence-electron chi connectivity index (χ2n) is 13.7. The van der Waals surface area contributed by atoms with Crippen molar-refractivity contribution in [3.8, 4) is 56.2 Å². The highest BCUT2D eigenvalue weighted by atomic mass is 16.3. The monoisotopic (exact) mass is 719 g/mol. The predicted octanol–water partition coefficient (Wildman–Crippen LogP) is 13.8. The number of hydrogen-bond acceptors (Lipinski definition) is 5. The third-order valence-corrected chi connectivity index (χ3v) is 10.3. The summed E-state index contributed by atoms with van der Waals surface area (Å²) in [5.74, 6) is 1.68. The second-order valence-corrected chi connectivity index (χ2v) is 13.7. The van der Waals surface area contributed by atoms with Crippen LogP contribution in [0, 0.1) is 0 Å². The molecule has 3 heterocycles. The van der Waals surface area contributed by atoms with Crippen molar-refractivity contribution >= 4 is 49.5 Å². The summed E-state index contributed by atoms with van der Waals surface area (Å²) in [4.78, 5) is 14.9. The summed E-state index contributed by atoms with van der Waals surface area (Å²) in [6.07, 6.45) is 5.32. The summed E-state index contributed by atoms with van der Waals surface area (Å²) in [7, 11) is 0. The van der Waals surface area contributed by atoms with Crippen molar-refractivity contribution in [2.45, 2.75) is 0 Å². The smallest absolute Gasteiger partial charge is 0.164 e. The Morgan fingerprint density at radius 1 is 0.429 bits per heavy atom. The fraction of sp³-hybridized carbons (Fsp3) is 0. The third-order valence-electron chi connectivity index (χ3n) is 10.3. The quantitative estimate of drug-likeness (QED) is 0.146. The van der Waals surface area contributed by atoms with Crippen LogP contribution < -0.4 is 0 Å². The van der Waals surface area contributed by atoms with Crippen LogP contribution >= 0.6 is 0 Å². The molecule has 7 aromatic carbocycles. The first-order chi connectivity index (χ1) is 27.6. The van der Waals surface area contributed by atoms with Crippen LogP contribution in [0.4, 0.5) is 0 Å². The second kappa shape index (κ2) is 13.7. The van der Waals surface area contributed by atoms with Gasteiger partial charge in [-0.25, -0.2) is 15.0 Å². The topological polar surface area (TPSA) is 65.0 Å². The molecule has 0 fully saturated rings. The molecule has 264 valence electrons. The summed E-state index contributed by atoms with van der Waals surface area (Å²) in [6.45, 7) is 7.91. The summed E-state index contributed by atoms with van der Waals surface area (Å²) >= 11 is 0. The van der Waals surface area contributed by atoms with Gasteiger partial charge >= 0.3 is 0 Å². The van der Waals surface area contributed by atoms with E-state index in [-0.39, 0.29) is 0 Å². The number of para-hydroxylation sites is 1. The normalized spacial score (nSPS) is 11.8. The first-order valence-corrected chi connectivity index (χ1v) is 18.5. The molecule has 3 aromatic heterocycles. The Bertz CT molecular complexity index is 3170.